The zero-order chi connectivity index (χ0) is 13.3. The summed E-state index contributed by atoms with van der Waals surface area (Å²) in [6.45, 7) is 1.86. The maximum atomic E-state index is 14.0. The molecule has 1 aromatic heterocycles. The highest BCUT2D eigenvalue weighted by Crippen LogP contribution is 2.29. The van der Waals surface area contributed by atoms with E-state index in [1.807, 2.05) is 13.0 Å². The van der Waals surface area contributed by atoms with Gasteiger partial charge in [0.05, 0.1) is 23.0 Å². The summed E-state index contributed by atoms with van der Waals surface area (Å²) in [6, 6.07) is 4.86. The summed E-state index contributed by atoms with van der Waals surface area (Å²) in [6.07, 6.45) is 1.56. The number of aryl methyl sites for hydroxylation is 2. The van der Waals surface area contributed by atoms with Crippen molar-refractivity contribution in [1.29, 1.82) is 0 Å². The summed E-state index contributed by atoms with van der Waals surface area (Å²) in [5.74, 6) is -0.244. The first-order valence-electron chi connectivity index (χ1n) is 5.65. The Balaban J connectivity index is 2.52. The van der Waals surface area contributed by atoms with E-state index < -0.39 is 0 Å². The fourth-order valence-electron chi connectivity index (χ4n) is 2.05. The van der Waals surface area contributed by atoms with Gasteiger partial charge in [0.1, 0.15) is 5.82 Å². The van der Waals surface area contributed by atoms with E-state index in [9.17, 15) is 4.39 Å². The molecule has 2 rings (SSSR count). The van der Waals surface area contributed by atoms with Crippen LogP contribution in [0.4, 0.5) is 4.39 Å². The van der Waals surface area contributed by atoms with Gasteiger partial charge in [0.2, 0.25) is 0 Å². The van der Waals surface area contributed by atoms with Crippen LogP contribution in [0.2, 0.25) is 5.02 Å². The molecule has 1 atom stereocenters. The highest BCUT2D eigenvalue weighted by atomic mass is 35.5. The predicted molar refractivity (Wildman–Crippen MR) is 70.3 cm³/mol. The lowest BCUT2D eigenvalue weighted by molar-refractivity contribution is 0.551. The molecule has 0 aliphatic heterocycles. The minimum atomic E-state index is -0.314. The number of nitrogens with zero attached hydrogens (tertiary/aromatic N) is 2. The van der Waals surface area contributed by atoms with Gasteiger partial charge in [-0.2, -0.15) is 5.10 Å². The summed E-state index contributed by atoms with van der Waals surface area (Å²) in [4.78, 5) is 0. The largest absolute Gasteiger partial charge is 0.308 e. The molecule has 5 heteroatoms. The maximum Gasteiger partial charge on any atom is 0.128 e. The molecule has 1 aromatic carbocycles. The maximum absolute atomic E-state index is 14.0. The van der Waals surface area contributed by atoms with Gasteiger partial charge in [-0.3, -0.25) is 4.68 Å². The topological polar surface area (TPSA) is 29.9 Å². The van der Waals surface area contributed by atoms with Gasteiger partial charge in [-0.05, 0) is 25.6 Å². The molecule has 0 saturated heterocycles. The summed E-state index contributed by atoms with van der Waals surface area (Å²) >= 11 is 6.11. The van der Waals surface area contributed by atoms with E-state index >= 15 is 0 Å². The molecule has 1 unspecified atom stereocenters. The standard InChI is InChI=1S/C13H15ClFN3/c1-8-4-5-9(11(15)6-8)12(16-2)13-10(14)7-17-18(13)3/h4-7,12,16H,1-3H3. The van der Waals surface area contributed by atoms with Crippen LogP contribution in [0.25, 0.3) is 0 Å². The van der Waals surface area contributed by atoms with Crippen molar-refractivity contribution < 1.29 is 4.39 Å². The van der Waals surface area contributed by atoms with Gasteiger partial charge < -0.3 is 5.32 Å². The Morgan fingerprint density at radius 1 is 1.44 bits per heavy atom. The Bertz CT molecular complexity index is 546. The third kappa shape index (κ3) is 2.26. The van der Waals surface area contributed by atoms with Gasteiger partial charge in [-0.15, -0.1) is 0 Å². The van der Waals surface area contributed by atoms with Crippen LogP contribution in [-0.4, -0.2) is 16.8 Å². The van der Waals surface area contributed by atoms with Crippen LogP contribution in [0.5, 0.6) is 0 Å². The van der Waals surface area contributed by atoms with Gasteiger partial charge in [0.25, 0.3) is 0 Å². The Kier molecular flexibility index (Phi) is 3.68. The van der Waals surface area contributed by atoms with Crippen molar-refractivity contribution in [2.75, 3.05) is 7.05 Å². The molecule has 0 fully saturated rings. The normalized spacial score (nSPS) is 12.7. The first kappa shape index (κ1) is 13.1. The Morgan fingerprint density at radius 2 is 2.17 bits per heavy atom. The molecule has 0 spiro atoms. The average molecular weight is 268 g/mol. The van der Waals surface area contributed by atoms with E-state index in [0.717, 1.165) is 11.3 Å². The molecule has 2 aromatic rings. The summed E-state index contributed by atoms with van der Waals surface area (Å²) in [7, 11) is 3.56. The van der Waals surface area contributed by atoms with Gasteiger partial charge >= 0.3 is 0 Å². The monoisotopic (exact) mass is 267 g/mol. The number of hydrogen-bond acceptors (Lipinski definition) is 2. The van der Waals surface area contributed by atoms with Crippen molar-refractivity contribution in [2.45, 2.75) is 13.0 Å². The Labute approximate surface area is 111 Å². The highest BCUT2D eigenvalue weighted by molar-refractivity contribution is 6.31. The number of hydrogen-bond donors (Lipinski definition) is 1. The second-order valence-electron chi connectivity index (χ2n) is 4.25. The molecule has 0 aliphatic carbocycles. The molecule has 1 heterocycles. The van der Waals surface area contributed by atoms with Crippen molar-refractivity contribution in [2.24, 2.45) is 7.05 Å². The molecule has 96 valence electrons. The molecule has 18 heavy (non-hydrogen) atoms. The summed E-state index contributed by atoms with van der Waals surface area (Å²) in [5, 5.41) is 7.68. The molecular weight excluding hydrogens is 253 g/mol. The van der Waals surface area contributed by atoms with Crippen LogP contribution in [0.1, 0.15) is 22.9 Å². The lowest BCUT2D eigenvalue weighted by Gasteiger charge is -2.18. The van der Waals surface area contributed by atoms with Crippen molar-refractivity contribution >= 4 is 11.6 Å². The zero-order valence-electron chi connectivity index (χ0n) is 10.5. The quantitative estimate of drug-likeness (QED) is 0.927. The molecule has 3 nitrogen and oxygen atoms in total. The third-order valence-electron chi connectivity index (χ3n) is 2.97. The number of nitrogens with one attached hydrogen (secondary N) is 1. The van der Waals surface area contributed by atoms with E-state index in [1.54, 1.807) is 31.0 Å². The second kappa shape index (κ2) is 5.08. The van der Waals surface area contributed by atoms with E-state index in [1.165, 1.54) is 6.07 Å². The number of halogens is 2. The number of rotatable bonds is 3. The summed E-state index contributed by atoms with van der Waals surface area (Å²) < 4.78 is 15.7. The van der Waals surface area contributed by atoms with Crippen LogP contribution >= 0.6 is 11.6 Å². The van der Waals surface area contributed by atoms with Crippen LogP contribution in [0.3, 0.4) is 0 Å². The van der Waals surface area contributed by atoms with Crippen molar-refractivity contribution in [1.82, 2.24) is 15.1 Å². The lowest BCUT2D eigenvalue weighted by Crippen LogP contribution is -2.22. The SMILES string of the molecule is CNC(c1ccc(C)cc1F)c1c(Cl)cnn1C. The second-order valence-corrected chi connectivity index (χ2v) is 4.66. The molecule has 0 saturated carbocycles. The van der Waals surface area contributed by atoms with E-state index in [0.29, 0.717) is 10.6 Å². The molecule has 0 radical (unpaired) electrons. The molecular formula is C13H15ClFN3. The van der Waals surface area contributed by atoms with Crippen molar-refractivity contribution in [3.05, 3.63) is 52.1 Å². The van der Waals surface area contributed by atoms with Gasteiger partial charge in [0.15, 0.2) is 0 Å². The van der Waals surface area contributed by atoms with Crippen LogP contribution in [0.15, 0.2) is 24.4 Å². The first-order chi connectivity index (χ1) is 8.54. The highest BCUT2D eigenvalue weighted by Gasteiger charge is 2.22. The fourth-order valence-corrected chi connectivity index (χ4v) is 2.33. The van der Waals surface area contributed by atoms with Gasteiger partial charge in [-0.25, -0.2) is 4.39 Å². The number of aromatic nitrogens is 2. The van der Waals surface area contributed by atoms with E-state index in [-0.39, 0.29) is 11.9 Å². The Hall–Kier alpha value is -1.39. The zero-order valence-corrected chi connectivity index (χ0v) is 11.3. The smallest absolute Gasteiger partial charge is 0.128 e. The molecule has 0 amide bonds. The average Bonchev–Trinajstić information content (AvgIpc) is 2.64. The van der Waals surface area contributed by atoms with Gasteiger partial charge in [-0.1, -0.05) is 23.7 Å². The molecule has 0 bridgehead atoms. The van der Waals surface area contributed by atoms with E-state index in [4.69, 9.17) is 11.6 Å². The molecule has 0 aliphatic rings. The summed E-state index contributed by atoms with van der Waals surface area (Å²) in [5.41, 5.74) is 2.21. The fraction of sp³-hybridized carbons (Fsp3) is 0.308. The first-order valence-corrected chi connectivity index (χ1v) is 6.03. The minimum Gasteiger partial charge on any atom is -0.308 e. The van der Waals surface area contributed by atoms with Crippen LogP contribution < -0.4 is 5.32 Å². The lowest BCUT2D eigenvalue weighted by atomic mass is 10.0. The van der Waals surface area contributed by atoms with Crippen LogP contribution in [-0.2, 0) is 7.05 Å². The van der Waals surface area contributed by atoms with E-state index in [2.05, 4.69) is 10.4 Å². The van der Waals surface area contributed by atoms with Gasteiger partial charge in [0, 0.05) is 12.6 Å². The van der Waals surface area contributed by atoms with Crippen molar-refractivity contribution in [3.8, 4) is 0 Å². The third-order valence-corrected chi connectivity index (χ3v) is 3.26. The number of benzene rings is 1. The molecule has 1 N–H and O–H groups in total. The predicted octanol–water partition coefficient (Wildman–Crippen LogP) is 2.83. The van der Waals surface area contributed by atoms with Crippen LogP contribution in [0, 0.1) is 12.7 Å². The Morgan fingerprint density at radius 3 is 2.67 bits per heavy atom. The van der Waals surface area contributed by atoms with Crippen molar-refractivity contribution in [3.63, 3.8) is 0 Å². The minimum absolute atomic E-state index is 0.244.